The van der Waals surface area contributed by atoms with Gasteiger partial charge in [-0.05, 0) is 62.3 Å². The molecular weight excluding hydrogens is 411 g/mol. The summed E-state index contributed by atoms with van der Waals surface area (Å²) in [7, 11) is 0. The number of hydrogen-bond acceptors (Lipinski definition) is 4. The molecule has 1 aromatic rings. The van der Waals surface area contributed by atoms with Crippen LogP contribution < -0.4 is 0 Å². The second-order valence-electron chi connectivity index (χ2n) is 8.76. The summed E-state index contributed by atoms with van der Waals surface area (Å²) in [5.41, 5.74) is 2.65. The van der Waals surface area contributed by atoms with Crippen molar-refractivity contribution in [3.8, 4) is 0 Å². The molecule has 3 aliphatic rings. The third-order valence-corrected chi connectivity index (χ3v) is 6.79. The molecule has 4 rings (SSSR count). The first-order valence-corrected chi connectivity index (χ1v) is 11.4. The Morgan fingerprint density at radius 3 is 2.78 bits per heavy atom. The van der Waals surface area contributed by atoms with Crippen molar-refractivity contribution in [3.63, 3.8) is 0 Å². The van der Waals surface area contributed by atoms with E-state index < -0.39 is 5.82 Å². The molecule has 0 bridgehead atoms. The first-order chi connectivity index (χ1) is 15.4. The monoisotopic (exact) mass is 440 g/mol. The van der Waals surface area contributed by atoms with Crippen molar-refractivity contribution in [2.24, 2.45) is 10.2 Å². The quantitative estimate of drug-likeness (QED) is 0.700. The van der Waals surface area contributed by atoms with Gasteiger partial charge in [0.25, 0.3) is 11.8 Å². The van der Waals surface area contributed by atoms with Crippen molar-refractivity contribution in [2.45, 2.75) is 64.5 Å². The number of nitrogens with zero attached hydrogens (tertiary/aromatic N) is 4. The maximum atomic E-state index is 14.6. The molecule has 2 atom stereocenters. The van der Waals surface area contributed by atoms with Gasteiger partial charge in [0.2, 0.25) is 5.91 Å². The Bertz CT molecular complexity index is 1000. The minimum Gasteiger partial charge on any atom is -0.338 e. The van der Waals surface area contributed by atoms with Crippen LogP contribution in [0.3, 0.4) is 0 Å². The lowest BCUT2D eigenvalue weighted by molar-refractivity contribution is -0.130. The molecule has 2 heterocycles. The lowest BCUT2D eigenvalue weighted by Crippen LogP contribution is -2.41. The average Bonchev–Trinajstić information content (AvgIpc) is 3.26. The third-order valence-electron chi connectivity index (χ3n) is 6.79. The van der Waals surface area contributed by atoms with Crippen LogP contribution in [-0.4, -0.2) is 59.2 Å². The summed E-state index contributed by atoms with van der Waals surface area (Å²) in [5, 5.41) is 8.03. The van der Waals surface area contributed by atoms with E-state index in [1.165, 1.54) is 13.0 Å². The van der Waals surface area contributed by atoms with E-state index in [4.69, 9.17) is 0 Å². The van der Waals surface area contributed by atoms with E-state index in [0.29, 0.717) is 32.5 Å². The summed E-state index contributed by atoms with van der Waals surface area (Å²) in [6.45, 7) is 4.93. The molecule has 0 N–H and O–H groups in total. The first-order valence-electron chi connectivity index (χ1n) is 11.4. The van der Waals surface area contributed by atoms with Crippen LogP contribution in [0.25, 0.3) is 0 Å². The molecule has 1 fully saturated rings. The van der Waals surface area contributed by atoms with Crippen molar-refractivity contribution in [1.29, 1.82) is 0 Å². The number of azo groups is 1. The molecule has 0 saturated carbocycles. The lowest BCUT2D eigenvalue weighted by Gasteiger charge is -2.27. The van der Waals surface area contributed by atoms with Crippen LogP contribution in [-0.2, 0) is 16.0 Å². The van der Waals surface area contributed by atoms with Gasteiger partial charge in [-0.25, -0.2) is 4.39 Å². The standard InChI is InChI=1S/C24H29FN4O3/c1-3-29(15(2)30)17-10-11-28(14-17)24(32)20-12-16(8-9-21(20)25)13-22-18-6-4-5-7-19(18)23(31)27-26-22/h8-9,12,17,22H,3-7,10-11,13-14H2,1-2H3. The first kappa shape index (κ1) is 22.3. The Morgan fingerprint density at radius 1 is 1.25 bits per heavy atom. The van der Waals surface area contributed by atoms with E-state index in [9.17, 15) is 18.8 Å². The Hall–Kier alpha value is -2.90. The topological polar surface area (TPSA) is 82.4 Å². The second kappa shape index (κ2) is 9.30. The van der Waals surface area contributed by atoms with E-state index in [1.54, 1.807) is 21.9 Å². The van der Waals surface area contributed by atoms with Crippen molar-refractivity contribution in [3.05, 3.63) is 46.3 Å². The number of rotatable bonds is 5. The van der Waals surface area contributed by atoms with Gasteiger partial charge >= 0.3 is 0 Å². The molecule has 8 heteroatoms. The summed E-state index contributed by atoms with van der Waals surface area (Å²) in [5.74, 6) is -1.17. The van der Waals surface area contributed by atoms with Crippen LogP contribution in [0.2, 0.25) is 0 Å². The summed E-state index contributed by atoms with van der Waals surface area (Å²) in [6.07, 6.45) is 4.74. The van der Waals surface area contributed by atoms with Gasteiger partial charge in [0.05, 0.1) is 17.6 Å². The Balaban J connectivity index is 1.50. The highest BCUT2D eigenvalue weighted by Gasteiger charge is 2.33. The highest BCUT2D eigenvalue weighted by atomic mass is 19.1. The fourth-order valence-corrected chi connectivity index (χ4v) is 5.13. The van der Waals surface area contributed by atoms with Crippen LogP contribution >= 0.6 is 0 Å². The van der Waals surface area contributed by atoms with E-state index in [-0.39, 0.29) is 35.4 Å². The summed E-state index contributed by atoms with van der Waals surface area (Å²) in [6, 6.07) is 4.32. The zero-order valence-corrected chi connectivity index (χ0v) is 18.6. The average molecular weight is 441 g/mol. The molecule has 2 unspecified atom stereocenters. The van der Waals surface area contributed by atoms with Crippen LogP contribution in [0.15, 0.2) is 39.6 Å². The Kier molecular flexibility index (Phi) is 6.48. The SMILES string of the molecule is CCN(C(C)=O)C1CCN(C(=O)c2cc(CC3N=NC(=O)C4=C3CCCC4)ccc2F)C1. The molecule has 0 radical (unpaired) electrons. The minimum absolute atomic E-state index is 0.0171. The molecule has 1 aliphatic carbocycles. The van der Waals surface area contributed by atoms with Gasteiger partial charge in [0.1, 0.15) is 5.82 Å². The molecule has 0 spiro atoms. The number of likely N-dealkylation sites (N-methyl/N-ethyl adjacent to an activating group) is 1. The van der Waals surface area contributed by atoms with Gasteiger partial charge < -0.3 is 9.80 Å². The predicted octanol–water partition coefficient (Wildman–Crippen LogP) is 3.68. The molecule has 1 saturated heterocycles. The molecular formula is C24H29FN4O3. The Labute approximate surface area is 187 Å². The van der Waals surface area contributed by atoms with Gasteiger partial charge in [0, 0.05) is 38.6 Å². The van der Waals surface area contributed by atoms with Crippen molar-refractivity contribution in [1.82, 2.24) is 9.80 Å². The fraction of sp³-hybridized carbons (Fsp3) is 0.542. The number of halogens is 1. The molecule has 0 aromatic heterocycles. The Morgan fingerprint density at radius 2 is 2.03 bits per heavy atom. The summed E-state index contributed by atoms with van der Waals surface area (Å²) in [4.78, 5) is 40.4. The van der Waals surface area contributed by atoms with Crippen LogP contribution in [0, 0.1) is 5.82 Å². The van der Waals surface area contributed by atoms with Crippen molar-refractivity contribution in [2.75, 3.05) is 19.6 Å². The minimum atomic E-state index is -0.556. The highest BCUT2D eigenvalue weighted by Crippen LogP contribution is 2.34. The summed E-state index contributed by atoms with van der Waals surface area (Å²) >= 11 is 0. The lowest BCUT2D eigenvalue weighted by atomic mass is 9.84. The fourth-order valence-electron chi connectivity index (χ4n) is 5.13. The number of benzene rings is 1. The molecule has 7 nitrogen and oxygen atoms in total. The van der Waals surface area contributed by atoms with Gasteiger partial charge in [-0.1, -0.05) is 6.07 Å². The number of amides is 3. The smallest absolute Gasteiger partial charge is 0.291 e. The molecule has 2 aliphatic heterocycles. The number of carbonyl (C=O) groups is 3. The maximum absolute atomic E-state index is 14.6. The molecule has 170 valence electrons. The van der Waals surface area contributed by atoms with E-state index in [0.717, 1.165) is 42.4 Å². The zero-order valence-electron chi connectivity index (χ0n) is 18.6. The van der Waals surface area contributed by atoms with Crippen LogP contribution in [0.4, 0.5) is 4.39 Å². The zero-order chi connectivity index (χ0) is 22.8. The van der Waals surface area contributed by atoms with E-state index >= 15 is 0 Å². The molecule has 3 amide bonds. The number of carbonyl (C=O) groups excluding carboxylic acids is 3. The maximum Gasteiger partial charge on any atom is 0.291 e. The summed E-state index contributed by atoms with van der Waals surface area (Å²) < 4.78 is 14.6. The second-order valence-corrected chi connectivity index (χ2v) is 8.76. The van der Waals surface area contributed by atoms with Crippen LogP contribution in [0.1, 0.15) is 61.9 Å². The highest BCUT2D eigenvalue weighted by molar-refractivity contribution is 5.96. The molecule has 32 heavy (non-hydrogen) atoms. The van der Waals surface area contributed by atoms with Crippen molar-refractivity contribution < 1.29 is 18.8 Å². The predicted molar refractivity (Wildman–Crippen MR) is 117 cm³/mol. The third kappa shape index (κ3) is 4.36. The van der Waals surface area contributed by atoms with Gasteiger partial charge in [-0.3, -0.25) is 14.4 Å². The van der Waals surface area contributed by atoms with Gasteiger partial charge in [-0.15, -0.1) is 5.11 Å². The van der Waals surface area contributed by atoms with Gasteiger partial charge in [-0.2, -0.15) is 5.11 Å². The van der Waals surface area contributed by atoms with Gasteiger partial charge in [0.15, 0.2) is 0 Å². The normalized spacial score (nSPS) is 22.8. The number of hydrogen-bond donors (Lipinski definition) is 0. The van der Waals surface area contributed by atoms with Crippen LogP contribution in [0.5, 0.6) is 0 Å². The molecule has 1 aromatic carbocycles. The largest absolute Gasteiger partial charge is 0.338 e. The van der Waals surface area contributed by atoms with E-state index in [2.05, 4.69) is 10.2 Å². The van der Waals surface area contributed by atoms with Crippen molar-refractivity contribution >= 4 is 17.7 Å². The number of likely N-dealkylation sites (tertiary alicyclic amines) is 1. The van der Waals surface area contributed by atoms with E-state index in [1.807, 2.05) is 6.92 Å².